The summed E-state index contributed by atoms with van der Waals surface area (Å²) in [6.45, 7) is 0. The molecule has 2 N–H and O–H groups in total. The van der Waals surface area contributed by atoms with Crippen molar-refractivity contribution >= 4 is 17.4 Å². The Morgan fingerprint density at radius 3 is 3.00 bits per heavy atom. The molecule has 0 aliphatic heterocycles. The Morgan fingerprint density at radius 2 is 2.45 bits per heavy atom. The summed E-state index contributed by atoms with van der Waals surface area (Å²) < 4.78 is 4.57. The van der Waals surface area contributed by atoms with E-state index in [2.05, 4.69) is 19.6 Å². The molecule has 5 nitrogen and oxygen atoms in total. The van der Waals surface area contributed by atoms with Gasteiger partial charge in [-0.05, 0) is 0 Å². The summed E-state index contributed by atoms with van der Waals surface area (Å²) in [5, 5.41) is 5.42. The lowest BCUT2D eigenvalue weighted by Crippen LogP contribution is -1.83. The summed E-state index contributed by atoms with van der Waals surface area (Å²) in [7, 11) is 0. The van der Waals surface area contributed by atoms with Crippen LogP contribution in [0.2, 0.25) is 0 Å². The molecule has 0 radical (unpaired) electrons. The molecule has 2 aromatic heterocycles. The number of nitrogens with zero attached hydrogens (tertiary/aromatic N) is 3. The standard InChI is InChI=1S/C5H4N4OS/c6-5-8-4(9-10-5)3-1-11-2-7-3/h1-2H,(H2,6,8,9). The van der Waals surface area contributed by atoms with Gasteiger partial charge >= 0.3 is 6.01 Å². The maximum absolute atomic E-state index is 5.22. The third kappa shape index (κ3) is 1.07. The van der Waals surface area contributed by atoms with E-state index in [1.54, 1.807) is 5.51 Å². The van der Waals surface area contributed by atoms with E-state index in [1.807, 2.05) is 5.38 Å². The van der Waals surface area contributed by atoms with Crippen LogP contribution in [0.4, 0.5) is 6.01 Å². The van der Waals surface area contributed by atoms with Gasteiger partial charge in [0.15, 0.2) is 0 Å². The molecule has 0 saturated carbocycles. The molecule has 0 aliphatic rings. The molecule has 0 bridgehead atoms. The van der Waals surface area contributed by atoms with Crippen molar-refractivity contribution in [3.8, 4) is 11.5 Å². The van der Waals surface area contributed by atoms with Gasteiger partial charge in [-0.15, -0.1) is 11.3 Å². The van der Waals surface area contributed by atoms with Crippen LogP contribution in [0.1, 0.15) is 0 Å². The fourth-order valence-corrected chi connectivity index (χ4v) is 1.19. The van der Waals surface area contributed by atoms with Crippen molar-refractivity contribution in [2.75, 3.05) is 5.73 Å². The monoisotopic (exact) mass is 168 g/mol. The van der Waals surface area contributed by atoms with Gasteiger partial charge in [0.05, 0.1) is 5.51 Å². The minimum absolute atomic E-state index is 0.0630. The molecule has 0 aromatic carbocycles. The van der Waals surface area contributed by atoms with Gasteiger partial charge in [-0.2, -0.15) is 4.98 Å². The second-order valence-corrected chi connectivity index (χ2v) is 2.55. The van der Waals surface area contributed by atoms with E-state index in [9.17, 15) is 0 Å². The third-order valence-corrected chi connectivity index (χ3v) is 1.69. The first-order chi connectivity index (χ1) is 5.36. The van der Waals surface area contributed by atoms with E-state index in [1.165, 1.54) is 11.3 Å². The zero-order valence-corrected chi connectivity index (χ0v) is 6.21. The number of anilines is 1. The molecule has 2 heterocycles. The Balaban J connectivity index is 2.45. The summed E-state index contributed by atoms with van der Waals surface area (Å²) in [6.07, 6.45) is 0. The van der Waals surface area contributed by atoms with Gasteiger partial charge < -0.3 is 10.3 Å². The highest BCUT2D eigenvalue weighted by Crippen LogP contribution is 2.15. The Hall–Kier alpha value is -1.43. The molecule has 2 rings (SSSR count). The topological polar surface area (TPSA) is 77.8 Å². The van der Waals surface area contributed by atoms with E-state index in [4.69, 9.17) is 5.73 Å². The minimum atomic E-state index is 0.0630. The fraction of sp³-hybridized carbons (Fsp3) is 0. The van der Waals surface area contributed by atoms with Crippen LogP contribution < -0.4 is 5.73 Å². The number of nitrogen functional groups attached to an aromatic ring is 1. The lowest BCUT2D eigenvalue weighted by atomic mass is 10.5. The Labute approximate surface area is 65.9 Å². The van der Waals surface area contributed by atoms with E-state index in [0.717, 1.165) is 0 Å². The maximum Gasteiger partial charge on any atom is 0.319 e. The second-order valence-electron chi connectivity index (χ2n) is 1.83. The van der Waals surface area contributed by atoms with E-state index in [0.29, 0.717) is 11.5 Å². The van der Waals surface area contributed by atoms with Gasteiger partial charge in [0.1, 0.15) is 5.69 Å². The zero-order chi connectivity index (χ0) is 7.68. The van der Waals surface area contributed by atoms with Crippen LogP contribution >= 0.6 is 11.3 Å². The van der Waals surface area contributed by atoms with Crippen molar-refractivity contribution in [2.24, 2.45) is 0 Å². The van der Waals surface area contributed by atoms with Crippen LogP contribution in [0.3, 0.4) is 0 Å². The van der Waals surface area contributed by atoms with E-state index < -0.39 is 0 Å². The first-order valence-electron chi connectivity index (χ1n) is 2.84. The molecule has 0 aliphatic carbocycles. The molecular formula is C5H4N4OS. The maximum atomic E-state index is 5.22. The van der Waals surface area contributed by atoms with Crippen LogP contribution in [0.5, 0.6) is 0 Å². The smallest absolute Gasteiger partial charge is 0.319 e. The van der Waals surface area contributed by atoms with Gasteiger partial charge in [-0.25, -0.2) is 4.98 Å². The summed E-state index contributed by atoms with van der Waals surface area (Å²) in [4.78, 5) is 7.78. The largest absolute Gasteiger partial charge is 0.351 e. The molecule has 0 unspecified atom stereocenters. The molecule has 56 valence electrons. The van der Waals surface area contributed by atoms with Crippen LogP contribution in [-0.2, 0) is 0 Å². The van der Waals surface area contributed by atoms with Crippen LogP contribution in [0, 0.1) is 0 Å². The Morgan fingerprint density at radius 1 is 1.55 bits per heavy atom. The first kappa shape index (κ1) is 6.29. The molecule has 11 heavy (non-hydrogen) atoms. The number of hydrogen-bond donors (Lipinski definition) is 1. The quantitative estimate of drug-likeness (QED) is 0.680. The first-order valence-corrected chi connectivity index (χ1v) is 3.78. The van der Waals surface area contributed by atoms with Crippen LogP contribution in [-0.4, -0.2) is 15.1 Å². The highest BCUT2D eigenvalue weighted by Gasteiger charge is 2.06. The van der Waals surface area contributed by atoms with Gasteiger partial charge in [-0.3, -0.25) is 0 Å². The van der Waals surface area contributed by atoms with E-state index >= 15 is 0 Å². The van der Waals surface area contributed by atoms with Crippen molar-refractivity contribution in [3.63, 3.8) is 0 Å². The molecular weight excluding hydrogens is 164 g/mol. The summed E-state index contributed by atoms with van der Waals surface area (Å²) in [5.74, 6) is 0.434. The zero-order valence-electron chi connectivity index (χ0n) is 5.39. The molecule has 0 fully saturated rings. The number of aromatic nitrogens is 3. The predicted octanol–water partition coefficient (Wildman–Crippen LogP) is 0.775. The van der Waals surface area contributed by atoms with Crippen LogP contribution in [0.15, 0.2) is 15.4 Å². The normalized spacial score (nSPS) is 10.2. The predicted molar refractivity (Wildman–Crippen MR) is 39.8 cm³/mol. The van der Waals surface area contributed by atoms with Crippen molar-refractivity contribution in [3.05, 3.63) is 10.9 Å². The van der Waals surface area contributed by atoms with Gasteiger partial charge in [0.25, 0.3) is 0 Å². The third-order valence-electron chi connectivity index (χ3n) is 1.10. The lowest BCUT2D eigenvalue weighted by Gasteiger charge is -1.79. The summed E-state index contributed by atoms with van der Waals surface area (Å²) >= 11 is 1.47. The molecule has 6 heteroatoms. The molecule has 0 spiro atoms. The Bertz CT molecular complexity index is 341. The second kappa shape index (κ2) is 2.31. The number of nitrogens with two attached hydrogens (primary N) is 1. The van der Waals surface area contributed by atoms with Gasteiger partial charge in [0, 0.05) is 5.38 Å². The molecule has 0 amide bonds. The lowest BCUT2D eigenvalue weighted by molar-refractivity contribution is 0.437. The van der Waals surface area contributed by atoms with Crippen molar-refractivity contribution in [1.82, 2.24) is 15.1 Å². The summed E-state index contributed by atoms with van der Waals surface area (Å²) in [5.41, 5.74) is 7.61. The summed E-state index contributed by atoms with van der Waals surface area (Å²) in [6, 6.07) is 0.0630. The SMILES string of the molecule is Nc1nc(-c2cscn2)no1. The molecule has 2 aromatic rings. The number of thiazole rings is 1. The Kier molecular flexibility index (Phi) is 1.32. The fourth-order valence-electron chi connectivity index (χ4n) is 0.662. The van der Waals surface area contributed by atoms with Crippen molar-refractivity contribution in [1.29, 1.82) is 0 Å². The van der Waals surface area contributed by atoms with Crippen molar-refractivity contribution in [2.45, 2.75) is 0 Å². The van der Waals surface area contributed by atoms with Gasteiger partial charge in [0.2, 0.25) is 5.82 Å². The highest BCUT2D eigenvalue weighted by atomic mass is 32.1. The minimum Gasteiger partial charge on any atom is -0.351 e. The highest BCUT2D eigenvalue weighted by molar-refractivity contribution is 7.07. The van der Waals surface area contributed by atoms with Gasteiger partial charge in [-0.1, -0.05) is 5.16 Å². The van der Waals surface area contributed by atoms with Crippen molar-refractivity contribution < 1.29 is 4.52 Å². The number of rotatable bonds is 1. The average Bonchev–Trinajstić information content (AvgIpc) is 2.55. The number of hydrogen-bond acceptors (Lipinski definition) is 6. The molecule has 0 atom stereocenters. The van der Waals surface area contributed by atoms with Crippen LogP contribution in [0.25, 0.3) is 11.5 Å². The molecule has 0 saturated heterocycles. The average molecular weight is 168 g/mol. The van der Waals surface area contributed by atoms with E-state index in [-0.39, 0.29) is 6.01 Å².